The van der Waals surface area contributed by atoms with Gasteiger partial charge in [0.25, 0.3) is 5.92 Å². The smallest absolute Gasteiger partial charge is 0.407 e. The zero-order valence-electron chi connectivity index (χ0n) is 36.0. The summed E-state index contributed by atoms with van der Waals surface area (Å²) in [5.74, 6) is -3.01. The maximum atomic E-state index is 16.5. The molecule has 2 saturated carbocycles. The Morgan fingerprint density at radius 3 is 2.21 bits per heavy atom. The number of aromatic amines is 2. The van der Waals surface area contributed by atoms with Gasteiger partial charge in [-0.05, 0) is 90.0 Å². The number of nitrogens with two attached hydrogens (primary N) is 1. The minimum absolute atomic E-state index is 0.0264. The minimum atomic E-state index is -3.30. The van der Waals surface area contributed by atoms with E-state index in [0.717, 1.165) is 25.7 Å². The highest BCUT2D eigenvalue weighted by Gasteiger charge is 2.45. The van der Waals surface area contributed by atoms with Crippen molar-refractivity contribution < 1.29 is 37.4 Å². The summed E-state index contributed by atoms with van der Waals surface area (Å²) in [6.45, 7) is 6.38. The third-order valence-corrected chi connectivity index (χ3v) is 12.6. The van der Waals surface area contributed by atoms with Gasteiger partial charge in [-0.3, -0.25) is 9.59 Å². The summed E-state index contributed by atoms with van der Waals surface area (Å²) in [4.78, 5) is 70.1. The number of carbonyl (C=O) groups is 4. The first kappa shape index (κ1) is 43.3. The van der Waals surface area contributed by atoms with Crippen molar-refractivity contribution in [2.45, 2.75) is 90.0 Å². The van der Waals surface area contributed by atoms with Crippen LogP contribution in [0, 0.1) is 11.3 Å². The number of hydrogen-bond acceptors (Lipinski definition) is 9. The number of rotatable bonds is 14. The average Bonchev–Trinajstić information content (AvgIpc) is 3.66. The van der Waals surface area contributed by atoms with Crippen molar-refractivity contribution in [2.24, 2.45) is 17.1 Å². The number of methoxy groups -OCH3 is 2. The molecule has 63 heavy (non-hydrogen) atoms. The first-order valence-corrected chi connectivity index (χ1v) is 21.3. The van der Waals surface area contributed by atoms with Crippen molar-refractivity contribution in [2.75, 3.05) is 27.3 Å². The molecule has 8 rings (SSSR count). The number of ether oxygens (including phenoxy) is 2. The number of carbonyl (C=O) groups excluding carboxylic acids is 4. The van der Waals surface area contributed by atoms with Gasteiger partial charge in [0.2, 0.25) is 11.8 Å². The molecule has 4 amide bonds. The van der Waals surface area contributed by atoms with Crippen LogP contribution in [0.3, 0.4) is 0 Å². The van der Waals surface area contributed by atoms with E-state index in [2.05, 4.69) is 37.2 Å². The van der Waals surface area contributed by atoms with Crippen LogP contribution in [0.15, 0.2) is 60.8 Å². The standard InChI is InChI=1S/C46H53F2N9O6/c1-25(2)41(55-44(61)63-5)42(59)56(24-45(3)14-15-45)22-38-50-20-37(54-38)28-7-12-32-31-11-6-26(16-33(31)46(47,48)34(32)17-28)27-8-13-35-36(18-27)53-39(52-35)23-57(30-10-9-29(49)19-30)40(58)21-51-43(60)62-4/h6-8,11-13,16-18,20,25,29-30,41H,9-10,14-15,19,21-24,49H2,1-5H3,(H,50,54)(H,51,60)(H,52,53)(H,55,61)/t29-,30+,41?/m0/s1. The number of halogens is 2. The van der Waals surface area contributed by atoms with Crippen LogP contribution >= 0.6 is 0 Å². The Kier molecular flexibility index (Phi) is 11.7. The molecular formula is C46H53F2N9O6. The molecule has 2 heterocycles. The summed E-state index contributed by atoms with van der Waals surface area (Å²) in [5.41, 5.74) is 10.5. The van der Waals surface area contributed by atoms with Crippen LogP contribution in [0.4, 0.5) is 18.4 Å². The highest BCUT2D eigenvalue weighted by molar-refractivity contribution is 5.88. The number of benzene rings is 3. The summed E-state index contributed by atoms with van der Waals surface area (Å²) in [6.07, 6.45) is 4.29. The van der Waals surface area contributed by atoms with Crippen molar-refractivity contribution in [3.05, 3.63) is 83.6 Å². The van der Waals surface area contributed by atoms with E-state index in [0.29, 0.717) is 69.2 Å². The zero-order chi connectivity index (χ0) is 44.8. The van der Waals surface area contributed by atoms with Gasteiger partial charge in [0.15, 0.2) is 0 Å². The molecule has 0 radical (unpaired) electrons. The fourth-order valence-electron chi connectivity index (χ4n) is 8.78. The van der Waals surface area contributed by atoms with E-state index in [1.807, 2.05) is 38.1 Å². The maximum Gasteiger partial charge on any atom is 0.407 e. The number of amides is 4. The Labute approximate surface area is 363 Å². The highest BCUT2D eigenvalue weighted by Crippen LogP contribution is 2.53. The van der Waals surface area contributed by atoms with Gasteiger partial charge in [-0.15, -0.1) is 0 Å². The lowest BCUT2D eigenvalue weighted by molar-refractivity contribution is -0.136. The molecule has 3 aliphatic carbocycles. The van der Waals surface area contributed by atoms with Gasteiger partial charge in [0.1, 0.15) is 24.2 Å². The van der Waals surface area contributed by atoms with Crippen LogP contribution in [0.2, 0.25) is 0 Å². The molecule has 332 valence electrons. The number of imidazole rings is 2. The summed E-state index contributed by atoms with van der Waals surface area (Å²) >= 11 is 0. The lowest BCUT2D eigenvalue weighted by atomic mass is 9.98. The van der Waals surface area contributed by atoms with Gasteiger partial charge in [0, 0.05) is 35.3 Å². The first-order valence-electron chi connectivity index (χ1n) is 21.3. The number of nitrogens with zero attached hydrogens (tertiary/aromatic N) is 4. The van der Waals surface area contributed by atoms with E-state index in [-0.39, 0.29) is 66.0 Å². The molecular weight excluding hydrogens is 813 g/mol. The predicted octanol–water partition coefficient (Wildman–Crippen LogP) is 6.81. The fraction of sp³-hybridized carbons (Fsp3) is 0.435. The molecule has 0 aliphatic heterocycles. The van der Waals surface area contributed by atoms with Crippen molar-refractivity contribution in [1.82, 2.24) is 40.4 Å². The van der Waals surface area contributed by atoms with Crippen LogP contribution < -0.4 is 16.4 Å². The Bertz CT molecular complexity index is 2570. The van der Waals surface area contributed by atoms with Gasteiger partial charge in [-0.1, -0.05) is 51.1 Å². The molecule has 5 aromatic rings. The van der Waals surface area contributed by atoms with Gasteiger partial charge >= 0.3 is 12.2 Å². The Balaban J connectivity index is 1.00. The van der Waals surface area contributed by atoms with Crippen LogP contribution in [-0.4, -0.2) is 99.2 Å². The lowest BCUT2D eigenvalue weighted by Gasteiger charge is -2.31. The molecule has 2 aromatic heterocycles. The first-order chi connectivity index (χ1) is 30.0. The second kappa shape index (κ2) is 17.1. The SMILES string of the molecule is COC(=O)NCC(=O)N(Cc1nc2ccc(-c3ccc4c(c3)C(F)(F)c3cc(-c5cnc(CN(CC6(C)CC6)C(=O)C(NC(=O)OC)C(C)C)[nH]5)ccc3-4)cc2[nH]1)[C@@H]1CC[C@H](N)C1. The maximum absolute atomic E-state index is 16.5. The van der Waals surface area contributed by atoms with Crippen LogP contribution in [0.25, 0.3) is 44.5 Å². The van der Waals surface area contributed by atoms with Crippen LogP contribution in [-0.2, 0) is 38.1 Å². The summed E-state index contributed by atoms with van der Waals surface area (Å²) in [6, 6.07) is 14.6. The number of alkyl halides is 2. The molecule has 3 aliphatic rings. The van der Waals surface area contributed by atoms with E-state index in [1.165, 1.54) is 26.4 Å². The molecule has 0 spiro atoms. The molecule has 0 bridgehead atoms. The molecule has 15 nitrogen and oxygen atoms in total. The molecule has 0 saturated heterocycles. The van der Waals surface area contributed by atoms with E-state index >= 15 is 8.78 Å². The van der Waals surface area contributed by atoms with Gasteiger partial charge in [-0.2, -0.15) is 8.78 Å². The third kappa shape index (κ3) is 8.96. The van der Waals surface area contributed by atoms with Crippen LogP contribution in [0.5, 0.6) is 0 Å². The monoisotopic (exact) mass is 865 g/mol. The Morgan fingerprint density at radius 2 is 1.56 bits per heavy atom. The molecule has 17 heteroatoms. The number of fused-ring (bicyclic) bond motifs is 4. The third-order valence-electron chi connectivity index (χ3n) is 12.6. The van der Waals surface area contributed by atoms with E-state index in [1.54, 1.807) is 34.2 Å². The zero-order valence-corrected chi connectivity index (χ0v) is 36.0. The number of nitrogens with one attached hydrogen (secondary N) is 4. The molecule has 2 fully saturated rings. The molecule has 6 N–H and O–H groups in total. The van der Waals surface area contributed by atoms with Crippen molar-refractivity contribution in [1.29, 1.82) is 0 Å². The number of H-pyrrole nitrogens is 2. The van der Waals surface area contributed by atoms with E-state index in [9.17, 15) is 19.2 Å². The lowest BCUT2D eigenvalue weighted by Crippen LogP contribution is -2.52. The number of hydrogen-bond donors (Lipinski definition) is 5. The average molecular weight is 866 g/mol. The van der Waals surface area contributed by atoms with Crippen molar-refractivity contribution >= 4 is 35.0 Å². The summed E-state index contributed by atoms with van der Waals surface area (Å²) in [5, 5.41) is 5.13. The van der Waals surface area contributed by atoms with Crippen molar-refractivity contribution in [3.8, 4) is 33.5 Å². The minimum Gasteiger partial charge on any atom is -0.453 e. The normalized spacial score (nSPS) is 18.4. The summed E-state index contributed by atoms with van der Waals surface area (Å²) in [7, 11) is 2.48. The number of alkyl carbamates (subject to hydrolysis) is 2. The highest BCUT2D eigenvalue weighted by atomic mass is 19.3. The van der Waals surface area contributed by atoms with Gasteiger partial charge in [0.05, 0.1) is 50.2 Å². The predicted molar refractivity (Wildman–Crippen MR) is 231 cm³/mol. The van der Waals surface area contributed by atoms with Crippen LogP contribution in [0.1, 0.15) is 75.7 Å². The Hall–Kier alpha value is -6.36. The second-order valence-electron chi connectivity index (χ2n) is 17.7. The van der Waals surface area contributed by atoms with Crippen molar-refractivity contribution in [3.63, 3.8) is 0 Å². The van der Waals surface area contributed by atoms with Gasteiger partial charge < -0.3 is 45.6 Å². The molecule has 1 unspecified atom stereocenters. The van der Waals surface area contributed by atoms with E-state index < -0.39 is 24.2 Å². The fourth-order valence-corrected chi connectivity index (χ4v) is 8.78. The summed E-state index contributed by atoms with van der Waals surface area (Å²) < 4.78 is 42.5. The Morgan fingerprint density at radius 1 is 0.889 bits per heavy atom. The second-order valence-corrected chi connectivity index (χ2v) is 17.7. The van der Waals surface area contributed by atoms with E-state index in [4.69, 9.17) is 15.5 Å². The topological polar surface area (TPSA) is 201 Å². The quantitative estimate of drug-likeness (QED) is 0.0795. The van der Waals surface area contributed by atoms with Gasteiger partial charge in [-0.25, -0.2) is 19.6 Å². The molecule has 3 aromatic carbocycles. The molecule has 3 atom stereocenters. The number of aromatic nitrogens is 4. The largest absolute Gasteiger partial charge is 0.453 e.